The van der Waals surface area contributed by atoms with Gasteiger partial charge < -0.3 is 4.42 Å². The summed E-state index contributed by atoms with van der Waals surface area (Å²) < 4.78 is 5.43. The third-order valence-electron chi connectivity index (χ3n) is 3.40. The van der Waals surface area contributed by atoms with Gasteiger partial charge in [-0.25, -0.2) is 4.98 Å². The third-order valence-corrected chi connectivity index (χ3v) is 3.40. The Hall–Kier alpha value is -2.10. The van der Waals surface area contributed by atoms with E-state index in [9.17, 15) is 4.79 Å². The highest BCUT2D eigenvalue weighted by Gasteiger charge is 2.37. The summed E-state index contributed by atoms with van der Waals surface area (Å²) in [5.41, 5.74) is 0. The van der Waals surface area contributed by atoms with Gasteiger partial charge in [0, 0.05) is 12.1 Å². The van der Waals surface area contributed by atoms with E-state index in [4.69, 9.17) is 4.42 Å². The van der Waals surface area contributed by atoms with E-state index in [0.29, 0.717) is 5.82 Å². The Morgan fingerprint density at radius 3 is 2.79 bits per heavy atom. The molecule has 1 amide bonds. The summed E-state index contributed by atoms with van der Waals surface area (Å²) in [5, 5.41) is 0. The lowest BCUT2D eigenvalue weighted by atomic mass is 10.2. The number of pyridine rings is 1. The summed E-state index contributed by atoms with van der Waals surface area (Å²) in [4.78, 5) is 18.5. The molecule has 0 spiro atoms. The van der Waals surface area contributed by atoms with Crippen LogP contribution in [0.1, 0.15) is 31.6 Å². The Labute approximate surface area is 112 Å². The first-order valence-corrected chi connectivity index (χ1v) is 6.55. The molecule has 0 saturated heterocycles. The van der Waals surface area contributed by atoms with E-state index in [2.05, 4.69) is 4.98 Å². The van der Waals surface area contributed by atoms with Crippen LogP contribution in [0.3, 0.4) is 0 Å². The summed E-state index contributed by atoms with van der Waals surface area (Å²) in [7, 11) is 0. The Balaban J connectivity index is 1.94. The van der Waals surface area contributed by atoms with Crippen molar-refractivity contribution in [2.75, 3.05) is 4.90 Å². The molecule has 0 radical (unpaired) electrons. The van der Waals surface area contributed by atoms with Crippen LogP contribution < -0.4 is 4.90 Å². The van der Waals surface area contributed by atoms with Crippen LogP contribution in [0.4, 0.5) is 5.82 Å². The maximum Gasteiger partial charge on any atom is 0.231 e. The average molecular weight is 256 g/mol. The van der Waals surface area contributed by atoms with Gasteiger partial charge in [-0.15, -0.1) is 0 Å². The Morgan fingerprint density at radius 1 is 1.37 bits per heavy atom. The van der Waals surface area contributed by atoms with Crippen molar-refractivity contribution in [3.63, 3.8) is 0 Å². The van der Waals surface area contributed by atoms with Crippen molar-refractivity contribution >= 4 is 11.7 Å². The summed E-state index contributed by atoms with van der Waals surface area (Å²) in [6.07, 6.45) is 5.29. The van der Waals surface area contributed by atoms with Crippen molar-refractivity contribution in [3.05, 3.63) is 48.6 Å². The average Bonchev–Trinajstić information content (AvgIpc) is 3.15. The van der Waals surface area contributed by atoms with Crippen LogP contribution in [0.25, 0.3) is 0 Å². The van der Waals surface area contributed by atoms with Gasteiger partial charge in [-0.1, -0.05) is 6.07 Å². The molecule has 1 saturated carbocycles. The second kappa shape index (κ2) is 4.88. The molecule has 1 aliphatic carbocycles. The lowest BCUT2D eigenvalue weighted by Gasteiger charge is -2.27. The fraction of sp³-hybridized carbons (Fsp3) is 0.333. The van der Waals surface area contributed by atoms with Crippen molar-refractivity contribution in [1.82, 2.24) is 4.98 Å². The molecule has 0 N–H and O–H groups in total. The number of carbonyl (C=O) groups is 1. The van der Waals surface area contributed by atoms with Gasteiger partial charge in [0.15, 0.2) is 0 Å². The predicted octanol–water partition coefficient (Wildman–Crippen LogP) is 3.18. The van der Waals surface area contributed by atoms with Crippen LogP contribution in [0, 0.1) is 5.92 Å². The van der Waals surface area contributed by atoms with Crippen LogP contribution in [-0.2, 0) is 4.79 Å². The molecule has 98 valence electrons. The minimum absolute atomic E-state index is 0.141. The SMILES string of the molecule is C[C@@H](c1ccco1)N(C(=O)C1CC1)c1ccccn1. The molecule has 1 atom stereocenters. The first kappa shape index (κ1) is 12.0. The smallest absolute Gasteiger partial charge is 0.231 e. The number of nitrogens with zero attached hydrogens (tertiary/aromatic N) is 2. The topological polar surface area (TPSA) is 46.3 Å². The largest absolute Gasteiger partial charge is 0.467 e. The van der Waals surface area contributed by atoms with Crippen molar-refractivity contribution in [2.45, 2.75) is 25.8 Å². The van der Waals surface area contributed by atoms with Crippen LogP contribution in [0.2, 0.25) is 0 Å². The number of hydrogen-bond donors (Lipinski definition) is 0. The number of anilines is 1. The molecule has 2 aromatic heterocycles. The van der Waals surface area contributed by atoms with E-state index in [0.717, 1.165) is 18.6 Å². The molecule has 0 unspecified atom stereocenters. The zero-order chi connectivity index (χ0) is 13.2. The van der Waals surface area contributed by atoms with E-state index in [1.165, 1.54) is 0 Å². The molecule has 3 rings (SSSR count). The van der Waals surface area contributed by atoms with E-state index in [1.54, 1.807) is 17.4 Å². The number of hydrogen-bond acceptors (Lipinski definition) is 3. The van der Waals surface area contributed by atoms with Gasteiger partial charge in [-0.05, 0) is 44.0 Å². The van der Waals surface area contributed by atoms with Crippen LogP contribution in [-0.4, -0.2) is 10.9 Å². The predicted molar refractivity (Wildman–Crippen MR) is 71.6 cm³/mol. The molecule has 0 aromatic carbocycles. The molecule has 2 heterocycles. The zero-order valence-electron chi connectivity index (χ0n) is 10.8. The number of aromatic nitrogens is 1. The van der Waals surface area contributed by atoms with Crippen molar-refractivity contribution in [2.24, 2.45) is 5.92 Å². The highest BCUT2D eigenvalue weighted by Crippen LogP contribution is 2.36. The molecular formula is C15H16N2O2. The first-order chi connectivity index (χ1) is 9.27. The maximum absolute atomic E-state index is 12.5. The highest BCUT2D eigenvalue weighted by atomic mass is 16.3. The summed E-state index contributed by atoms with van der Waals surface area (Å²) in [6, 6.07) is 9.19. The molecular weight excluding hydrogens is 240 g/mol. The van der Waals surface area contributed by atoms with Gasteiger partial charge >= 0.3 is 0 Å². The van der Waals surface area contributed by atoms with Crippen LogP contribution in [0.15, 0.2) is 47.2 Å². The van der Waals surface area contributed by atoms with Gasteiger partial charge in [0.05, 0.1) is 12.3 Å². The van der Waals surface area contributed by atoms with Crippen LogP contribution >= 0.6 is 0 Å². The highest BCUT2D eigenvalue weighted by molar-refractivity contribution is 5.96. The summed E-state index contributed by atoms with van der Waals surface area (Å²) in [6.45, 7) is 1.97. The lowest BCUT2D eigenvalue weighted by Crippen LogP contribution is -2.35. The quantitative estimate of drug-likeness (QED) is 0.844. The van der Waals surface area contributed by atoms with Gasteiger partial charge in [-0.2, -0.15) is 0 Å². The number of amides is 1. The molecule has 4 heteroatoms. The van der Waals surface area contributed by atoms with Crippen molar-refractivity contribution < 1.29 is 9.21 Å². The Kier molecular flexibility index (Phi) is 3.07. The molecule has 2 aromatic rings. The molecule has 0 aliphatic heterocycles. The lowest BCUT2D eigenvalue weighted by molar-refractivity contribution is -0.120. The monoisotopic (exact) mass is 256 g/mol. The van der Waals surface area contributed by atoms with Crippen molar-refractivity contribution in [1.29, 1.82) is 0 Å². The Morgan fingerprint density at radius 2 is 2.21 bits per heavy atom. The molecule has 0 bridgehead atoms. The molecule has 1 aliphatic rings. The van der Waals surface area contributed by atoms with Gasteiger partial charge in [0.1, 0.15) is 11.6 Å². The van der Waals surface area contributed by atoms with Gasteiger partial charge in [0.25, 0.3) is 0 Å². The third kappa shape index (κ3) is 2.38. The first-order valence-electron chi connectivity index (χ1n) is 6.55. The fourth-order valence-corrected chi connectivity index (χ4v) is 2.18. The van der Waals surface area contributed by atoms with Gasteiger partial charge in [-0.3, -0.25) is 9.69 Å². The summed E-state index contributed by atoms with van der Waals surface area (Å²) >= 11 is 0. The fourth-order valence-electron chi connectivity index (χ4n) is 2.18. The maximum atomic E-state index is 12.5. The molecule has 1 fully saturated rings. The number of furan rings is 1. The second-order valence-electron chi connectivity index (χ2n) is 4.86. The minimum Gasteiger partial charge on any atom is -0.467 e. The van der Waals surface area contributed by atoms with Gasteiger partial charge in [0.2, 0.25) is 5.91 Å². The molecule has 19 heavy (non-hydrogen) atoms. The minimum atomic E-state index is -0.141. The van der Waals surface area contributed by atoms with Crippen LogP contribution in [0.5, 0.6) is 0 Å². The van der Waals surface area contributed by atoms with Crippen molar-refractivity contribution in [3.8, 4) is 0 Å². The van der Waals surface area contributed by atoms with E-state index >= 15 is 0 Å². The Bertz CT molecular complexity index is 547. The second-order valence-corrected chi connectivity index (χ2v) is 4.86. The number of rotatable bonds is 4. The summed E-state index contributed by atoms with van der Waals surface area (Å²) in [5.74, 6) is 1.75. The molecule has 4 nitrogen and oxygen atoms in total. The van der Waals surface area contributed by atoms with E-state index < -0.39 is 0 Å². The zero-order valence-corrected chi connectivity index (χ0v) is 10.8. The number of carbonyl (C=O) groups excluding carboxylic acids is 1. The normalized spacial score (nSPS) is 16.1. The standard InChI is InChI=1S/C15H16N2O2/c1-11(13-5-4-10-19-13)17(15(18)12-7-8-12)14-6-2-3-9-16-14/h2-6,9-12H,7-8H2,1H3/t11-/m0/s1. The van der Waals surface area contributed by atoms with E-state index in [1.807, 2.05) is 37.3 Å². The van der Waals surface area contributed by atoms with E-state index in [-0.39, 0.29) is 17.9 Å².